The van der Waals surface area contributed by atoms with Crippen LogP contribution in [0, 0.1) is 0 Å². The number of phenols is 4. The highest BCUT2D eigenvalue weighted by molar-refractivity contribution is 6.21. The maximum absolute atomic E-state index is 12.5. The van der Waals surface area contributed by atoms with E-state index in [-0.39, 0.29) is 40.1 Å². The number of benzene rings is 3. The minimum absolute atomic E-state index is 0.0945. The van der Waals surface area contributed by atoms with E-state index in [2.05, 4.69) is 0 Å². The predicted molar refractivity (Wildman–Crippen MR) is 99.2 cm³/mol. The maximum Gasteiger partial charge on any atom is 0.261 e. The number of nitrogens with zero attached hydrogens (tertiary/aromatic N) is 1. The van der Waals surface area contributed by atoms with Crippen molar-refractivity contribution in [2.24, 2.45) is 0 Å². The van der Waals surface area contributed by atoms with Gasteiger partial charge in [0, 0.05) is 16.7 Å². The number of fused-ring (bicyclic) bond motifs is 1. The highest BCUT2D eigenvalue weighted by Crippen LogP contribution is 2.45. The monoisotopic (exact) mass is 377 g/mol. The summed E-state index contributed by atoms with van der Waals surface area (Å²) in [5.41, 5.74) is 0.961. The fourth-order valence-electron chi connectivity index (χ4n) is 3.27. The number of hydrogen-bond donors (Lipinski definition) is 4. The lowest BCUT2D eigenvalue weighted by molar-refractivity contribution is 0.0641. The van der Waals surface area contributed by atoms with Gasteiger partial charge in [-0.2, -0.15) is 0 Å². The molecule has 28 heavy (non-hydrogen) atoms. The van der Waals surface area contributed by atoms with Crippen LogP contribution in [-0.2, 0) is 6.54 Å². The molecule has 0 spiro atoms. The summed E-state index contributed by atoms with van der Waals surface area (Å²) in [4.78, 5) is 25.9. The summed E-state index contributed by atoms with van der Waals surface area (Å²) in [6.45, 7) is -0.224. The molecule has 1 heterocycles. The predicted octanol–water partition coefficient (Wildman–Crippen LogP) is 2.97. The highest BCUT2D eigenvalue weighted by Gasteiger charge is 2.35. The second-order valence-electron chi connectivity index (χ2n) is 6.38. The van der Waals surface area contributed by atoms with Gasteiger partial charge in [0.15, 0.2) is 23.0 Å². The summed E-state index contributed by atoms with van der Waals surface area (Å²) < 4.78 is 0. The molecule has 0 bridgehead atoms. The zero-order chi connectivity index (χ0) is 20.0. The second kappa shape index (κ2) is 6.31. The SMILES string of the molecule is O=C1c2ccccc2C(=O)N1Cc1ccc(-c2cccc(O)c2O)c(O)c1O. The zero-order valence-corrected chi connectivity index (χ0v) is 14.5. The quantitative estimate of drug-likeness (QED) is 0.412. The molecule has 4 N–H and O–H groups in total. The van der Waals surface area contributed by atoms with Gasteiger partial charge in [0.25, 0.3) is 11.8 Å². The summed E-state index contributed by atoms with van der Waals surface area (Å²) in [5, 5.41) is 40.4. The highest BCUT2D eigenvalue weighted by atomic mass is 16.3. The molecule has 3 aromatic carbocycles. The molecule has 0 unspecified atom stereocenters. The maximum atomic E-state index is 12.5. The first-order chi connectivity index (χ1) is 13.4. The molecular weight excluding hydrogens is 362 g/mol. The number of carbonyl (C=O) groups excluding carboxylic acids is 2. The Balaban J connectivity index is 1.70. The average molecular weight is 377 g/mol. The number of carbonyl (C=O) groups is 2. The van der Waals surface area contributed by atoms with Gasteiger partial charge in [-0.25, -0.2) is 0 Å². The Bertz CT molecular complexity index is 1100. The molecule has 140 valence electrons. The van der Waals surface area contributed by atoms with Gasteiger partial charge in [0.05, 0.1) is 17.7 Å². The number of para-hydroxylation sites is 1. The largest absolute Gasteiger partial charge is 0.504 e. The van der Waals surface area contributed by atoms with E-state index in [0.29, 0.717) is 0 Å². The van der Waals surface area contributed by atoms with Gasteiger partial charge in [0.2, 0.25) is 0 Å². The van der Waals surface area contributed by atoms with Crippen molar-refractivity contribution in [3.8, 4) is 34.1 Å². The van der Waals surface area contributed by atoms with Gasteiger partial charge in [-0.3, -0.25) is 14.5 Å². The molecule has 7 heteroatoms. The smallest absolute Gasteiger partial charge is 0.261 e. The number of phenolic OH excluding ortho intramolecular Hbond substituents is 4. The Labute approximate surface area is 159 Å². The lowest BCUT2D eigenvalue weighted by Gasteiger charge is -2.17. The summed E-state index contributed by atoms with van der Waals surface area (Å²) >= 11 is 0. The van der Waals surface area contributed by atoms with Gasteiger partial charge < -0.3 is 20.4 Å². The van der Waals surface area contributed by atoms with Gasteiger partial charge in [-0.05, 0) is 24.3 Å². The van der Waals surface area contributed by atoms with E-state index in [1.54, 1.807) is 24.3 Å². The van der Waals surface area contributed by atoms with Crippen LogP contribution in [0.5, 0.6) is 23.0 Å². The van der Waals surface area contributed by atoms with Crippen LogP contribution in [0.1, 0.15) is 26.3 Å². The first kappa shape index (κ1) is 17.4. The first-order valence-electron chi connectivity index (χ1n) is 8.40. The Morgan fingerprint density at radius 2 is 1.18 bits per heavy atom. The Hall–Kier alpha value is -4.00. The molecule has 3 aromatic rings. The molecule has 1 aliphatic heterocycles. The van der Waals surface area contributed by atoms with E-state index in [9.17, 15) is 30.0 Å². The van der Waals surface area contributed by atoms with Crippen molar-refractivity contribution in [2.45, 2.75) is 6.54 Å². The molecule has 0 fully saturated rings. The number of aromatic hydroxyl groups is 4. The fourth-order valence-corrected chi connectivity index (χ4v) is 3.27. The van der Waals surface area contributed by atoms with Gasteiger partial charge in [0.1, 0.15) is 0 Å². The standard InChI is InChI=1S/C21H15NO6/c23-16-7-3-6-12(18(16)25)13-9-8-11(17(24)19(13)26)10-22-20(27)14-4-1-2-5-15(14)21(22)28/h1-9,23-26H,10H2. The summed E-state index contributed by atoms with van der Waals surface area (Å²) in [6.07, 6.45) is 0. The Morgan fingerprint density at radius 3 is 1.82 bits per heavy atom. The van der Waals surface area contributed by atoms with Crippen LogP contribution in [-0.4, -0.2) is 37.1 Å². The van der Waals surface area contributed by atoms with Crippen molar-refractivity contribution in [1.82, 2.24) is 4.90 Å². The molecule has 2 amide bonds. The Kier molecular flexibility index (Phi) is 3.93. The molecule has 7 nitrogen and oxygen atoms in total. The topological polar surface area (TPSA) is 118 Å². The third-order valence-corrected chi connectivity index (χ3v) is 4.75. The molecule has 0 atom stereocenters. The molecular formula is C21H15NO6. The van der Waals surface area contributed by atoms with Crippen molar-refractivity contribution in [2.75, 3.05) is 0 Å². The van der Waals surface area contributed by atoms with Gasteiger partial charge in [-0.15, -0.1) is 0 Å². The number of hydrogen-bond acceptors (Lipinski definition) is 6. The zero-order valence-electron chi connectivity index (χ0n) is 14.5. The lowest BCUT2D eigenvalue weighted by atomic mass is 10.00. The average Bonchev–Trinajstić information content (AvgIpc) is 2.93. The van der Waals surface area contributed by atoms with Crippen LogP contribution < -0.4 is 0 Å². The summed E-state index contributed by atoms with van der Waals surface area (Å²) in [6, 6.07) is 13.5. The lowest BCUT2D eigenvalue weighted by Crippen LogP contribution is -2.29. The summed E-state index contributed by atoms with van der Waals surface area (Å²) in [7, 11) is 0. The minimum Gasteiger partial charge on any atom is -0.504 e. The van der Waals surface area contributed by atoms with Gasteiger partial charge >= 0.3 is 0 Å². The van der Waals surface area contributed by atoms with Crippen LogP contribution >= 0.6 is 0 Å². The van der Waals surface area contributed by atoms with Crippen LogP contribution in [0.4, 0.5) is 0 Å². The molecule has 0 radical (unpaired) electrons. The van der Waals surface area contributed by atoms with E-state index < -0.39 is 29.1 Å². The Morgan fingerprint density at radius 1 is 0.607 bits per heavy atom. The summed E-state index contributed by atoms with van der Waals surface area (Å²) in [5.74, 6) is -2.81. The molecule has 0 aliphatic carbocycles. The number of rotatable bonds is 3. The van der Waals surface area contributed by atoms with Crippen molar-refractivity contribution < 1.29 is 30.0 Å². The second-order valence-corrected chi connectivity index (χ2v) is 6.38. The van der Waals surface area contributed by atoms with E-state index >= 15 is 0 Å². The molecule has 1 aliphatic rings. The fraction of sp³-hybridized carbons (Fsp3) is 0.0476. The normalized spacial score (nSPS) is 13.1. The van der Waals surface area contributed by atoms with Crippen molar-refractivity contribution in [1.29, 1.82) is 0 Å². The van der Waals surface area contributed by atoms with Crippen LogP contribution in [0.15, 0.2) is 54.6 Å². The van der Waals surface area contributed by atoms with Crippen molar-refractivity contribution >= 4 is 11.8 Å². The molecule has 0 saturated heterocycles. The first-order valence-corrected chi connectivity index (χ1v) is 8.40. The van der Waals surface area contributed by atoms with E-state index in [4.69, 9.17) is 0 Å². The third-order valence-electron chi connectivity index (χ3n) is 4.75. The van der Waals surface area contributed by atoms with Crippen molar-refractivity contribution in [3.05, 3.63) is 71.3 Å². The van der Waals surface area contributed by atoms with Crippen LogP contribution in [0.25, 0.3) is 11.1 Å². The van der Waals surface area contributed by atoms with Crippen LogP contribution in [0.2, 0.25) is 0 Å². The van der Waals surface area contributed by atoms with E-state index in [1.165, 1.54) is 30.3 Å². The minimum atomic E-state index is -0.532. The molecule has 0 saturated carbocycles. The third kappa shape index (κ3) is 2.52. The van der Waals surface area contributed by atoms with Crippen molar-refractivity contribution in [3.63, 3.8) is 0 Å². The van der Waals surface area contributed by atoms with E-state index in [1.807, 2.05) is 0 Å². The van der Waals surface area contributed by atoms with E-state index in [0.717, 1.165) is 4.90 Å². The van der Waals surface area contributed by atoms with Crippen LogP contribution in [0.3, 0.4) is 0 Å². The molecule has 0 aromatic heterocycles. The number of amides is 2. The van der Waals surface area contributed by atoms with Gasteiger partial charge in [-0.1, -0.05) is 30.3 Å². The molecule has 4 rings (SSSR count). The number of imide groups is 1.